The predicted molar refractivity (Wildman–Crippen MR) is 81.3 cm³/mol. The summed E-state index contributed by atoms with van der Waals surface area (Å²) >= 11 is 2.00. The Morgan fingerprint density at radius 3 is 2.50 bits per heavy atom. The van der Waals surface area contributed by atoms with E-state index in [0.29, 0.717) is 6.04 Å². The van der Waals surface area contributed by atoms with Crippen molar-refractivity contribution in [2.24, 2.45) is 5.92 Å². The Morgan fingerprint density at radius 1 is 1.22 bits per heavy atom. The molecule has 0 spiro atoms. The first-order valence-electron chi connectivity index (χ1n) is 7.59. The van der Waals surface area contributed by atoms with Crippen LogP contribution in [0, 0.1) is 5.92 Å². The molecule has 1 nitrogen and oxygen atoms in total. The maximum Gasteiger partial charge on any atom is 0.0415 e. The summed E-state index contributed by atoms with van der Waals surface area (Å²) in [6, 6.07) is 5.22. The summed E-state index contributed by atoms with van der Waals surface area (Å²) in [7, 11) is 2.12. The number of nitrogens with one attached hydrogen (secondary N) is 1. The molecule has 1 N–H and O–H groups in total. The average molecular weight is 265 g/mol. The van der Waals surface area contributed by atoms with Gasteiger partial charge in [-0.1, -0.05) is 45.4 Å². The Kier molecular flexibility index (Phi) is 5.71. The summed E-state index contributed by atoms with van der Waals surface area (Å²) in [5, 5.41) is 3.53. The Morgan fingerprint density at radius 2 is 1.94 bits per heavy atom. The molecule has 0 amide bonds. The van der Waals surface area contributed by atoms with Crippen molar-refractivity contribution in [2.75, 3.05) is 7.05 Å². The molecule has 1 aliphatic rings. The fourth-order valence-electron chi connectivity index (χ4n) is 3.08. The van der Waals surface area contributed by atoms with E-state index in [1.165, 1.54) is 56.2 Å². The van der Waals surface area contributed by atoms with Gasteiger partial charge in [0.05, 0.1) is 0 Å². The first-order valence-corrected chi connectivity index (χ1v) is 8.41. The molecular formula is C16H27NS. The van der Waals surface area contributed by atoms with Crippen molar-refractivity contribution in [1.29, 1.82) is 0 Å². The third-order valence-electron chi connectivity index (χ3n) is 4.27. The third kappa shape index (κ3) is 3.83. The molecule has 1 aliphatic carbocycles. The summed E-state index contributed by atoms with van der Waals surface area (Å²) < 4.78 is 0. The molecule has 0 aliphatic heterocycles. The van der Waals surface area contributed by atoms with Gasteiger partial charge in [0.1, 0.15) is 0 Å². The molecule has 2 rings (SSSR count). The van der Waals surface area contributed by atoms with Crippen molar-refractivity contribution in [3.63, 3.8) is 0 Å². The van der Waals surface area contributed by atoms with Crippen LogP contribution in [0.3, 0.4) is 0 Å². The van der Waals surface area contributed by atoms with Gasteiger partial charge in [0.25, 0.3) is 0 Å². The number of hydrogen-bond donors (Lipinski definition) is 1. The molecule has 1 unspecified atom stereocenters. The van der Waals surface area contributed by atoms with Gasteiger partial charge < -0.3 is 5.32 Å². The zero-order valence-electron chi connectivity index (χ0n) is 11.9. The minimum atomic E-state index is 0.582. The monoisotopic (exact) mass is 265 g/mol. The summed E-state index contributed by atoms with van der Waals surface area (Å²) in [5.41, 5.74) is 0. The second-order valence-electron chi connectivity index (χ2n) is 5.59. The van der Waals surface area contributed by atoms with Gasteiger partial charge in [-0.05, 0) is 37.9 Å². The Balaban J connectivity index is 1.95. The normalized spacial score (nSPS) is 19.7. The van der Waals surface area contributed by atoms with Crippen LogP contribution in [-0.4, -0.2) is 7.05 Å². The minimum absolute atomic E-state index is 0.582. The topological polar surface area (TPSA) is 12.0 Å². The van der Waals surface area contributed by atoms with E-state index in [4.69, 9.17) is 0 Å². The number of aryl methyl sites for hydroxylation is 1. The zero-order chi connectivity index (χ0) is 12.8. The average Bonchev–Trinajstić information content (AvgIpc) is 2.73. The molecule has 18 heavy (non-hydrogen) atoms. The van der Waals surface area contributed by atoms with Crippen molar-refractivity contribution < 1.29 is 0 Å². The third-order valence-corrected chi connectivity index (χ3v) is 5.61. The van der Waals surface area contributed by atoms with Gasteiger partial charge in [0.15, 0.2) is 0 Å². The molecule has 1 heterocycles. The Hall–Kier alpha value is -0.340. The zero-order valence-corrected chi connectivity index (χ0v) is 12.7. The maximum atomic E-state index is 3.53. The second kappa shape index (κ2) is 7.30. The molecule has 1 fully saturated rings. The van der Waals surface area contributed by atoms with E-state index in [-0.39, 0.29) is 0 Å². The van der Waals surface area contributed by atoms with E-state index in [1.807, 2.05) is 11.3 Å². The Bertz CT molecular complexity index is 337. The van der Waals surface area contributed by atoms with Crippen LogP contribution in [-0.2, 0) is 6.42 Å². The van der Waals surface area contributed by atoms with Gasteiger partial charge in [-0.15, -0.1) is 11.3 Å². The molecule has 0 aromatic carbocycles. The number of thiophene rings is 1. The molecule has 0 bridgehead atoms. The number of rotatable bonds is 5. The highest BCUT2D eigenvalue weighted by molar-refractivity contribution is 7.12. The summed E-state index contributed by atoms with van der Waals surface area (Å²) in [4.78, 5) is 3.06. The summed E-state index contributed by atoms with van der Waals surface area (Å²) in [5.74, 6) is 0.942. The van der Waals surface area contributed by atoms with Gasteiger partial charge >= 0.3 is 0 Å². The second-order valence-corrected chi connectivity index (χ2v) is 6.79. The largest absolute Gasteiger partial charge is 0.312 e. The Labute approximate surface area is 116 Å². The van der Waals surface area contributed by atoms with Crippen LogP contribution in [0.25, 0.3) is 0 Å². The standard InChI is InChI=1S/C16H27NS/c1-3-14-10-11-16(18-14)15(17-2)12-13-8-6-4-5-7-9-13/h10-11,13,15,17H,3-9,12H2,1-2H3. The highest BCUT2D eigenvalue weighted by Gasteiger charge is 2.19. The van der Waals surface area contributed by atoms with Crippen molar-refractivity contribution in [1.82, 2.24) is 5.32 Å². The fraction of sp³-hybridized carbons (Fsp3) is 0.750. The lowest BCUT2D eigenvalue weighted by molar-refractivity contribution is 0.371. The molecule has 0 radical (unpaired) electrons. The van der Waals surface area contributed by atoms with Crippen molar-refractivity contribution >= 4 is 11.3 Å². The van der Waals surface area contributed by atoms with Crippen molar-refractivity contribution in [3.05, 3.63) is 21.9 Å². The lowest BCUT2D eigenvalue weighted by atomic mass is 9.92. The molecule has 1 atom stereocenters. The van der Waals surface area contributed by atoms with Crippen LogP contribution in [0.4, 0.5) is 0 Å². The van der Waals surface area contributed by atoms with E-state index in [1.54, 1.807) is 4.88 Å². The van der Waals surface area contributed by atoms with Crippen molar-refractivity contribution in [3.8, 4) is 0 Å². The molecule has 1 saturated carbocycles. The fourth-order valence-corrected chi connectivity index (χ4v) is 4.16. The highest BCUT2D eigenvalue weighted by atomic mass is 32.1. The van der Waals surface area contributed by atoms with Crippen LogP contribution >= 0.6 is 11.3 Å². The predicted octanol–water partition coefficient (Wildman–Crippen LogP) is 4.93. The quantitative estimate of drug-likeness (QED) is 0.744. The van der Waals surface area contributed by atoms with E-state index < -0.39 is 0 Å². The molecule has 1 aromatic heterocycles. The first-order chi connectivity index (χ1) is 8.83. The highest BCUT2D eigenvalue weighted by Crippen LogP contribution is 2.33. The summed E-state index contributed by atoms with van der Waals surface area (Å²) in [6.07, 6.45) is 11.2. The van der Waals surface area contributed by atoms with Gasteiger partial charge in [0.2, 0.25) is 0 Å². The lowest BCUT2D eigenvalue weighted by Crippen LogP contribution is -2.18. The lowest BCUT2D eigenvalue weighted by Gasteiger charge is -2.21. The van der Waals surface area contributed by atoms with Crippen molar-refractivity contribution in [2.45, 2.75) is 64.3 Å². The van der Waals surface area contributed by atoms with Crippen LogP contribution in [0.5, 0.6) is 0 Å². The molecule has 0 saturated heterocycles. The summed E-state index contributed by atoms with van der Waals surface area (Å²) in [6.45, 7) is 2.25. The first kappa shape index (κ1) is 14.1. The van der Waals surface area contributed by atoms with E-state index in [9.17, 15) is 0 Å². The maximum absolute atomic E-state index is 3.53. The van der Waals surface area contributed by atoms with Crippen LogP contribution in [0.1, 0.15) is 67.7 Å². The minimum Gasteiger partial charge on any atom is -0.312 e. The smallest absolute Gasteiger partial charge is 0.0415 e. The van der Waals surface area contributed by atoms with E-state index in [2.05, 4.69) is 31.4 Å². The van der Waals surface area contributed by atoms with Crippen LogP contribution < -0.4 is 5.32 Å². The van der Waals surface area contributed by atoms with E-state index >= 15 is 0 Å². The van der Waals surface area contributed by atoms with E-state index in [0.717, 1.165) is 5.92 Å². The SMILES string of the molecule is CCc1ccc(C(CC2CCCCCC2)NC)s1. The van der Waals surface area contributed by atoms with Crippen LogP contribution in [0.15, 0.2) is 12.1 Å². The molecule has 2 heteroatoms. The molecule has 1 aromatic rings. The molecular weight excluding hydrogens is 238 g/mol. The van der Waals surface area contributed by atoms with Crippen LogP contribution in [0.2, 0.25) is 0 Å². The van der Waals surface area contributed by atoms with Gasteiger partial charge in [-0.25, -0.2) is 0 Å². The molecule has 102 valence electrons. The van der Waals surface area contributed by atoms with Gasteiger partial charge in [-0.2, -0.15) is 0 Å². The van der Waals surface area contributed by atoms with Gasteiger partial charge in [-0.3, -0.25) is 0 Å². The number of hydrogen-bond acceptors (Lipinski definition) is 2. The van der Waals surface area contributed by atoms with Gasteiger partial charge in [0, 0.05) is 15.8 Å².